The average molecular weight is 1780 g/mol. The molecule has 0 aromatic heterocycles. The molecule has 0 amide bonds. The molecule has 36 heteroatoms. The van der Waals surface area contributed by atoms with Crippen molar-refractivity contribution in [1.82, 2.24) is 0 Å². The van der Waals surface area contributed by atoms with Gasteiger partial charge in [-0.3, -0.25) is 0 Å². The zero-order valence-corrected chi connectivity index (χ0v) is 69.3. The highest BCUT2D eigenvalue weighted by atomic mass is 28.4. The van der Waals surface area contributed by atoms with Crippen molar-refractivity contribution in [2.24, 2.45) is 124 Å². The second kappa shape index (κ2) is 38.5. The minimum atomic E-state index is -5.79. The Labute approximate surface area is 679 Å². The fourth-order valence-corrected chi connectivity index (χ4v) is 22.3. The summed E-state index contributed by atoms with van der Waals surface area (Å²) < 4.78 is 313. The second-order valence-corrected chi connectivity index (χ2v) is 50.0. The SMILES string of the molecule is C.C.C.C.C.C.CC(C)(C)OC(=O)OC(C)(CC1CC2CC1C1C3CCC(C3)C21)C(F)(F)F.CC(C)(C)OC(=O)OC(CC1CC2CC1C1C3CCC(C3)C21)(C(F)(F)F)C(F)(F)F.CC(C)(C)OC(=O)OC(CC1CC2CC1C1C3CCC(C3)C21)C(F)(F)F.CO[Si](C)(C)C(F)(F)F.CO[Si](C)(C)C(F)(F)F.CO[Si](C)(C)C(F)(F)F. The number of ether oxygens (including phenoxy) is 6. The van der Waals surface area contributed by atoms with Crippen LogP contribution in [0.1, 0.15) is 229 Å². The highest BCUT2D eigenvalue weighted by molar-refractivity contribution is 6.73. The van der Waals surface area contributed by atoms with Gasteiger partial charge >= 0.3 is 91.1 Å². The van der Waals surface area contributed by atoms with E-state index in [1.54, 1.807) is 41.5 Å². The van der Waals surface area contributed by atoms with Crippen molar-refractivity contribution in [2.45, 2.75) is 345 Å². The number of carbonyl (C=O) groups is 3. The molecule has 0 saturated heterocycles. The number of carbonyl (C=O) groups excluding carboxylic acids is 3. The van der Waals surface area contributed by atoms with Crippen LogP contribution in [0, 0.1) is 124 Å². The van der Waals surface area contributed by atoms with Crippen molar-refractivity contribution in [1.29, 1.82) is 0 Å². The van der Waals surface area contributed by atoms with Crippen LogP contribution >= 0.6 is 0 Å². The molecule has 23 atom stereocenters. The normalized spacial score (nSPS) is 32.3. The predicted molar refractivity (Wildman–Crippen MR) is 410 cm³/mol. The standard InChI is InChI=1S/C21H28F6O3.C21H31F3O3.C20H29F3O3.3C4H9F3OSi.6CH4/c1-18(2,3)29-17(28)30-19(20(22,23)24,21(25,26)27)9-13-7-12-8-14(13)16-11-5-4-10(6-11)15(12)16;1-19(2,3)26-18(25)27-20(4,21(22,23)24)10-14-8-13-9-15(14)17-12-6-5-11(7-12)16(13)17;1-19(2,3)26-18(24)25-15(20(21,22)23)9-12-7-13-8-14(12)17-11-5-4-10(6-11)16(13)17;3*1-8-9(2,3)4(5,6)7;;;;;;/h10-16H,4-9H2,1-3H3;11-17H,5-10H2,1-4H3;10-17H,4-9H2,1-3H3;3*1-3H3;6*1H4. The molecule has 0 aromatic rings. The van der Waals surface area contributed by atoms with Crippen LogP contribution in [0.25, 0.3) is 0 Å². The van der Waals surface area contributed by atoms with Crippen LogP contribution in [0.5, 0.6) is 0 Å². The van der Waals surface area contributed by atoms with Crippen LogP contribution in [0.2, 0.25) is 39.3 Å². The molecule has 690 valence electrons. The summed E-state index contributed by atoms with van der Waals surface area (Å²) in [6.45, 7) is 21.5. The van der Waals surface area contributed by atoms with E-state index < -0.39 is 132 Å². The lowest BCUT2D eigenvalue weighted by molar-refractivity contribution is -0.374. The van der Waals surface area contributed by atoms with Crippen LogP contribution in [-0.4, -0.2) is 141 Å². The Morgan fingerprint density at radius 1 is 0.319 bits per heavy atom. The number of fused-ring (bicyclic) bond motifs is 27. The lowest BCUT2D eigenvalue weighted by atomic mass is 9.65. The summed E-state index contributed by atoms with van der Waals surface area (Å²) in [6.07, 6.45) is -12.8. The van der Waals surface area contributed by atoms with E-state index in [0.717, 1.165) is 148 Å². The van der Waals surface area contributed by atoms with E-state index >= 15 is 0 Å². The molecule has 0 aliphatic heterocycles. The first-order chi connectivity index (χ1) is 49.5. The van der Waals surface area contributed by atoms with E-state index in [1.807, 2.05) is 0 Å². The molecule has 12 fully saturated rings. The van der Waals surface area contributed by atoms with Crippen molar-refractivity contribution in [2.75, 3.05) is 21.3 Å². The molecule has 12 aliphatic rings. The molecule has 12 nitrogen and oxygen atoms in total. The first-order valence-corrected chi connectivity index (χ1v) is 47.1. The van der Waals surface area contributed by atoms with E-state index in [4.69, 9.17) is 18.9 Å². The molecular formula is C80H139F21O12Si3. The maximum atomic E-state index is 13.9. The average Bonchev–Trinajstić information content (AvgIpc) is 1.53. The third-order valence-electron chi connectivity index (χ3n) is 26.8. The van der Waals surface area contributed by atoms with Gasteiger partial charge in [0, 0.05) is 27.8 Å². The molecule has 12 aliphatic carbocycles. The number of alkyl halides is 21. The van der Waals surface area contributed by atoms with Gasteiger partial charge in [-0.25, -0.2) is 14.4 Å². The molecule has 12 bridgehead atoms. The van der Waals surface area contributed by atoms with Crippen molar-refractivity contribution in [3.8, 4) is 0 Å². The summed E-state index contributed by atoms with van der Waals surface area (Å²) in [7, 11) is -6.85. The Morgan fingerprint density at radius 3 is 0.828 bits per heavy atom. The maximum Gasteiger partial charge on any atom is 0.510 e. The van der Waals surface area contributed by atoms with Crippen LogP contribution < -0.4 is 0 Å². The first kappa shape index (κ1) is 111. The van der Waals surface area contributed by atoms with Gasteiger partial charge in [0.2, 0.25) is 11.7 Å². The Balaban J connectivity index is 0.000000735. The molecule has 0 spiro atoms. The summed E-state index contributed by atoms with van der Waals surface area (Å²) in [4.78, 5) is 35.7. The van der Waals surface area contributed by atoms with Crippen molar-refractivity contribution < 1.29 is 148 Å². The number of halogens is 21. The van der Waals surface area contributed by atoms with Crippen molar-refractivity contribution in [3.63, 3.8) is 0 Å². The summed E-state index contributed by atoms with van der Waals surface area (Å²) >= 11 is 0. The predicted octanol–water partition coefficient (Wildman–Crippen LogP) is 27.7. The van der Waals surface area contributed by atoms with Crippen LogP contribution in [0.4, 0.5) is 107 Å². The minimum absolute atomic E-state index is 0. The van der Waals surface area contributed by atoms with Gasteiger partial charge < -0.3 is 41.7 Å². The minimum Gasteiger partial charge on any atom is -0.429 e. The lowest BCUT2D eigenvalue weighted by Crippen LogP contribution is -2.61. The van der Waals surface area contributed by atoms with E-state index in [1.165, 1.54) is 59.3 Å². The van der Waals surface area contributed by atoms with Crippen molar-refractivity contribution >= 4 is 43.4 Å². The largest absolute Gasteiger partial charge is 0.510 e. The van der Waals surface area contributed by atoms with Gasteiger partial charge in [-0.2, -0.15) is 92.2 Å². The van der Waals surface area contributed by atoms with E-state index in [9.17, 15) is 107 Å². The van der Waals surface area contributed by atoms with Gasteiger partial charge in [-0.05, 0) is 342 Å². The fourth-order valence-electron chi connectivity index (χ4n) is 21.6. The van der Waals surface area contributed by atoms with Crippen molar-refractivity contribution in [3.05, 3.63) is 0 Å². The Hall–Kier alpha value is -3.13. The third-order valence-corrected chi connectivity index (χ3v) is 33.9. The monoisotopic (exact) mass is 1770 g/mol. The molecule has 12 saturated carbocycles. The van der Waals surface area contributed by atoms with Crippen LogP contribution in [-0.2, 0) is 41.7 Å². The highest BCUT2D eigenvalue weighted by Crippen LogP contribution is 2.73. The molecule has 0 aromatic carbocycles. The third kappa shape index (κ3) is 24.9. The van der Waals surface area contributed by atoms with Crippen LogP contribution in [0.15, 0.2) is 0 Å². The van der Waals surface area contributed by atoms with Gasteiger partial charge in [0.15, 0.2) is 0 Å². The number of rotatable bonds is 12. The zero-order valence-electron chi connectivity index (χ0n) is 66.3. The van der Waals surface area contributed by atoms with Gasteiger partial charge in [0.1, 0.15) is 16.8 Å². The molecule has 0 N–H and O–H groups in total. The first-order valence-electron chi connectivity index (χ1n) is 38.3. The molecule has 23 unspecified atom stereocenters. The summed E-state index contributed by atoms with van der Waals surface area (Å²) in [5.74, 6) is -3.57. The Kier molecular flexibility index (Phi) is 36.8. The molecule has 0 radical (unpaired) electrons. The fraction of sp³-hybridized carbons (Fsp3) is 0.963. The lowest BCUT2D eigenvalue weighted by Gasteiger charge is -2.43. The van der Waals surface area contributed by atoms with Gasteiger partial charge in [0.05, 0.1) is 0 Å². The van der Waals surface area contributed by atoms with E-state index in [0.29, 0.717) is 66.1 Å². The molecule has 0 heterocycles. The molecular weight excluding hydrogens is 1640 g/mol. The summed E-state index contributed by atoms with van der Waals surface area (Å²) in [6, 6.07) is 0. The molecule has 12 rings (SSSR count). The zero-order chi connectivity index (χ0) is 84.0. The molecule has 116 heavy (non-hydrogen) atoms. The van der Waals surface area contributed by atoms with E-state index in [-0.39, 0.29) is 87.0 Å². The van der Waals surface area contributed by atoms with E-state index in [2.05, 4.69) is 22.8 Å². The number of hydrogen-bond acceptors (Lipinski definition) is 12. The van der Waals surface area contributed by atoms with Gasteiger partial charge in [0.25, 0.3) is 0 Å². The van der Waals surface area contributed by atoms with Crippen LogP contribution in [0.3, 0.4) is 0 Å². The number of hydrogen-bond donors (Lipinski definition) is 0. The quantitative estimate of drug-likeness (QED) is 0.0605. The smallest absolute Gasteiger partial charge is 0.429 e. The second-order valence-electron chi connectivity index (χ2n) is 38.0. The topological polar surface area (TPSA) is 134 Å². The van der Waals surface area contributed by atoms with Gasteiger partial charge in [-0.1, -0.05) is 44.6 Å². The van der Waals surface area contributed by atoms with Gasteiger partial charge in [-0.15, -0.1) is 0 Å². The Morgan fingerprint density at radius 2 is 0.578 bits per heavy atom. The Bertz CT molecular complexity index is 3030. The maximum absolute atomic E-state index is 13.9. The highest BCUT2D eigenvalue weighted by Gasteiger charge is 2.77. The summed E-state index contributed by atoms with van der Waals surface area (Å²) in [5, 5.41) is 0. The summed E-state index contributed by atoms with van der Waals surface area (Å²) in [5.41, 5.74) is -10.1.